The van der Waals surface area contributed by atoms with Crippen LogP contribution in [0.15, 0.2) is 22.9 Å². The third-order valence-electron chi connectivity index (χ3n) is 1.23. The molecular weight excluding hydrogens is 130 g/mol. The molecule has 0 aliphatic carbocycles. The van der Waals surface area contributed by atoms with Crippen molar-refractivity contribution < 1.29 is 4.52 Å². The van der Waals surface area contributed by atoms with E-state index in [4.69, 9.17) is 5.73 Å². The summed E-state index contributed by atoms with van der Waals surface area (Å²) >= 11 is 0. The number of nitrogen functional groups attached to an aromatic ring is 1. The summed E-state index contributed by atoms with van der Waals surface area (Å²) in [5.41, 5.74) is 6.86. The van der Waals surface area contributed by atoms with E-state index in [1.54, 1.807) is 12.1 Å². The minimum absolute atomic E-state index is 0.476. The number of fused-ring (bicyclic) bond motifs is 1. The van der Waals surface area contributed by atoms with Gasteiger partial charge in [0, 0.05) is 12.1 Å². The Bertz CT molecular complexity index is 287. The molecule has 2 rings (SSSR count). The molecule has 0 aromatic heterocycles. The van der Waals surface area contributed by atoms with Crippen molar-refractivity contribution in [1.29, 1.82) is 0 Å². The molecule has 0 aromatic carbocycles. The van der Waals surface area contributed by atoms with Gasteiger partial charge in [-0.3, -0.25) is 0 Å². The lowest BCUT2D eigenvalue weighted by atomic mass is 10.3. The lowest BCUT2D eigenvalue weighted by molar-refractivity contribution is 0.403. The summed E-state index contributed by atoms with van der Waals surface area (Å²) in [6.07, 6.45) is 1.47. The molecule has 0 radical (unpaired) electrons. The average molecular weight is 135 g/mol. The molecule has 2 heterocycles. The van der Waals surface area contributed by atoms with E-state index in [1.807, 2.05) is 0 Å². The van der Waals surface area contributed by atoms with Gasteiger partial charge >= 0.3 is 0 Å². The van der Waals surface area contributed by atoms with Crippen LogP contribution in [0.25, 0.3) is 11.4 Å². The lowest BCUT2D eigenvalue weighted by Crippen LogP contribution is -1.81. The average Bonchev–Trinajstić information content (AvgIpc) is 2.27. The fourth-order valence-corrected chi connectivity index (χ4v) is 0.821. The third-order valence-corrected chi connectivity index (χ3v) is 1.23. The summed E-state index contributed by atoms with van der Waals surface area (Å²) in [6, 6.07) is 3.39. The zero-order chi connectivity index (χ0) is 6.97. The maximum atomic E-state index is 5.40. The molecule has 0 atom stereocenters. The normalized spacial score (nSPS) is 10.4. The first-order chi connectivity index (χ1) is 4.86. The van der Waals surface area contributed by atoms with Crippen LogP contribution in [0, 0.1) is 0 Å². The van der Waals surface area contributed by atoms with Gasteiger partial charge in [0.05, 0.1) is 5.69 Å². The highest BCUT2D eigenvalue weighted by atomic mass is 16.4. The number of anilines is 1. The van der Waals surface area contributed by atoms with E-state index >= 15 is 0 Å². The van der Waals surface area contributed by atoms with E-state index in [0.717, 1.165) is 5.69 Å². The van der Waals surface area contributed by atoms with E-state index in [2.05, 4.69) is 14.7 Å². The van der Waals surface area contributed by atoms with Gasteiger partial charge in [-0.15, -0.1) is 0 Å². The number of nitrogens with two attached hydrogens (primary N) is 1. The highest BCUT2D eigenvalue weighted by Crippen LogP contribution is 2.19. The molecule has 0 amide bonds. The van der Waals surface area contributed by atoms with Crippen LogP contribution in [0.4, 0.5) is 5.82 Å². The Morgan fingerprint density at radius 1 is 1.40 bits per heavy atom. The summed E-state index contributed by atoms with van der Waals surface area (Å²) in [5, 5.41) is 3.68. The van der Waals surface area contributed by atoms with Crippen LogP contribution in [-0.2, 0) is 0 Å². The molecule has 0 spiro atoms. The molecule has 0 aromatic rings. The standard InChI is InChI=1S/C6H5N3O/c7-6-3-5-4(8-6)1-2-10-9-5/h1-3H,7H2. The number of hydrogen-bond acceptors (Lipinski definition) is 4. The van der Waals surface area contributed by atoms with Gasteiger partial charge in [0.2, 0.25) is 0 Å². The lowest BCUT2D eigenvalue weighted by Gasteiger charge is -1.87. The second-order valence-electron chi connectivity index (χ2n) is 1.95. The predicted octanol–water partition coefficient (Wildman–Crippen LogP) is 0.757. The Hall–Kier alpha value is -1.58. The van der Waals surface area contributed by atoms with Crippen molar-refractivity contribution in [3.8, 4) is 11.4 Å². The van der Waals surface area contributed by atoms with E-state index < -0.39 is 0 Å². The Labute approximate surface area is 57.0 Å². The zero-order valence-electron chi connectivity index (χ0n) is 5.11. The fourth-order valence-electron chi connectivity index (χ4n) is 0.821. The topological polar surface area (TPSA) is 64.9 Å². The van der Waals surface area contributed by atoms with Gasteiger partial charge in [-0.25, -0.2) is 4.98 Å². The molecule has 2 N–H and O–H groups in total. The monoisotopic (exact) mass is 135 g/mol. The van der Waals surface area contributed by atoms with Crippen molar-refractivity contribution >= 4 is 5.82 Å². The molecule has 0 saturated carbocycles. The van der Waals surface area contributed by atoms with Gasteiger partial charge in [-0.05, 0) is 0 Å². The number of hydrogen-bond donors (Lipinski definition) is 1. The quantitative estimate of drug-likeness (QED) is 0.579. The Kier molecular flexibility index (Phi) is 0.887. The van der Waals surface area contributed by atoms with Crippen molar-refractivity contribution in [3.63, 3.8) is 0 Å². The van der Waals surface area contributed by atoms with E-state index in [9.17, 15) is 0 Å². The Balaban J connectivity index is 2.76. The smallest absolute Gasteiger partial charge is 0.132 e. The second-order valence-corrected chi connectivity index (χ2v) is 1.95. The van der Waals surface area contributed by atoms with Gasteiger partial charge in [0.25, 0.3) is 0 Å². The minimum atomic E-state index is 0.476. The summed E-state index contributed by atoms with van der Waals surface area (Å²) in [4.78, 5) is 3.97. The number of aromatic nitrogens is 2. The number of rotatable bonds is 0. The first kappa shape index (κ1) is 5.22. The molecule has 2 aliphatic rings. The van der Waals surface area contributed by atoms with Gasteiger partial charge in [-0.2, -0.15) is 0 Å². The summed E-state index contributed by atoms with van der Waals surface area (Å²) < 4.78 is 4.66. The third kappa shape index (κ3) is 0.621. The van der Waals surface area contributed by atoms with Crippen molar-refractivity contribution in [2.45, 2.75) is 0 Å². The van der Waals surface area contributed by atoms with Gasteiger partial charge in [-0.1, -0.05) is 5.16 Å². The molecule has 0 bridgehead atoms. The van der Waals surface area contributed by atoms with Crippen LogP contribution in [-0.4, -0.2) is 10.1 Å². The Morgan fingerprint density at radius 2 is 2.30 bits per heavy atom. The summed E-state index contributed by atoms with van der Waals surface area (Å²) in [5.74, 6) is 0.476. The van der Waals surface area contributed by atoms with Crippen LogP contribution < -0.4 is 5.73 Å². The number of nitrogens with zero attached hydrogens (tertiary/aromatic N) is 2. The van der Waals surface area contributed by atoms with E-state index in [1.165, 1.54) is 6.26 Å². The molecule has 50 valence electrons. The maximum Gasteiger partial charge on any atom is 0.132 e. The van der Waals surface area contributed by atoms with Crippen LogP contribution in [0.3, 0.4) is 0 Å². The molecular formula is C6H5N3O. The Morgan fingerprint density at radius 3 is 3.10 bits per heavy atom. The van der Waals surface area contributed by atoms with Crippen molar-refractivity contribution in [3.05, 3.63) is 18.4 Å². The van der Waals surface area contributed by atoms with Gasteiger partial charge < -0.3 is 10.3 Å². The van der Waals surface area contributed by atoms with Crippen LogP contribution in [0.5, 0.6) is 0 Å². The van der Waals surface area contributed by atoms with Crippen LogP contribution in [0.1, 0.15) is 0 Å². The molecule has 2 aliphatic heterocycles. The predicted molar refractivity (Wildman–Crippen MR) is 35.3 cm³/mol. The first-order valence-corrected chi connectivity index (χ1v) is 2.83. The molecule has 0 unspecified atom stereocenters. The fraction of sp³-hybridized carbons (Fsp3) is 0. The minimum Gasteiger partial charge on any atom is -0.384 e. The largest absolute Gasteiger partial charge is 0.384 e. The second kappa shape index (κ2) is 1.70. The summed E-state index contributed by atoms with van der Waals surface area (Å²) in [6.45, 7) is 0. The molecule has 4 heteroatoms. The highest BCUT2D eigenvalue weighted by molar-refractivity contribution is 5.61. The maximum absolute atomic E-state index is 5.40. The first-order valence-electron chi connectivity index (χ1n) is 2.83. The molecule has 0 fully saturated rings. The molecule has 10 heavy (non-hydrogen) atoms. The van der Waals surface area contributed by atoms with E-state index in [0.29, 0.717) is 11.5 Å². The van der Waals surface area contributed by atoms with Crippen LogP contribution >= 0.6 is 0 Å². The van der Waals surface area contributed by atoms with Crippen molar-refractivity contribution in [1.82, 2.24) is 10.1 Å². The van der Waals surface area contributed by atoms with Crippen molar-refractivity contribution in [2.24, 2.45) is 0 Å². The zero-order valence-corrected chi connectivity index (χ0v) is 5.11. The highest BCUT2D eigenvalue weighted by Gasteiger charge is 2.06. The van der Waals surface area contributed by atoms with Gasteiger partial charge in [0.15, 0.2) is 0 Å². The molecule has 4 nitrogen and oxygen atoms in total. The van der Waals surface area contributed by atoms with Crippen molar-refractivity contribution in [2.75, 3.05) is 5.73 Å². The van der Waals surface area contributed by atoms with E-state index in [-0.39, 0.29) is 0 Å². The van der Waals surface area contributed by atoms with Crippen LogP contribution in [0.2, 0.25) is 0 Å². The summed E-state index contributed by atoms with van der Waals surface area (Å²) in [7, 11) is 0. The molecule has 0 saturated heterocycles. The SMILES string of the molecule is Nc1cc2noccc-2n1. The van der Waals surface area contributed by atoms with Gasteiger partial charge in [0.1, 0.15) is 17.8 Å².